The van der Waals surface area contributed by atoms with Crippen LogP contribution in [0.4, 0.5) is 0 Å². The molecule has 4 heteroatoms. The SMILES string of the molecule is CCOC1CCN(C(=O)C(C)(C)N)CC1. The summed E-state index contributed by atoms with van der Waals surface area (Å²) in [5.41, 5.74) is 5.03. The van der Waals surface area contributed by atoms with E-state index in [1.54, 1.807) is 13.8 Å². The van der Waals surface area contributed by atoms with Gasteiger partial charge in [0.05, 0.1) is 11.6 Å². The molecule has 4 nitrogen and oxygen atoms in total. The zero-order valence-electron chi connectivity index (χ0n) is 9.95. The molecule has 2 N–H and O–H groups in total. The van der Waals surface area contributed by atoms with Crippen LogP contribution < -0.4 is 5.73 Å². The van der Waals surface area contributed by atoms with Crippen LogP contribution in [0.2, 0.25) is 0 Å². The molecule has 1 aliphatic heterocycles. The number of piperidine rings is 1. The Kier molecular flexibility index (Phi) is 4.11. The van der Waals surface area contributed by atoms with Gasteiger partial charge in [-0.05, 0) is 33.6 Å². The van der Waals surface area contributed by atoms with Crippen LogP contribution in [0.25, 0.3) is 0 Å². The maximum atomic E-state index is 11.8. The molecule has 0 aromatic carbocycles. The Morgan fingerprint density at radius 3 is 2.40 bits per heavy atom. The molecule has 1 fully saturated rings. The maximum absolute atomic E-state index is 11.8. The quantitative estimate of drug-likeness (QED) is 0.754. The highest BCUT2D eigenvalue weighted by molar-refractivity contribution is 5.85. The van der Waals surface area contributed by atoms with Gasteiger partial charge < -0.3 is 15.4 Å². The van der Waals surface area contributed by atoms with Crippen LogP contribution in [-0.2, 0) is 9.53 Å². The predicted octanol–water partition coefficient (Wildman–Crippen LogP) is 0.751. The zero-order chi connectivity index (χ0) is 11.5. The van der Waals surface area contributed by atoms with Crippen molar-refractivity contribution in [3.63, 3.8) is 0 Å². The third-order valence-corrected chi connectivity index (χ3v) is 2.68. The molecule has 0 aromatic rings. The summed E-state index contributed by atoms with van der Waals surface area (Å²) in [5.74, 6) is 0.0393. The van der Waals surface area contributed by atoms with E-state index in [1.165, 1.54) is 0 Å². The van der Waals surface area contributed by atoms with E-state index in [2.05, 4.69) is 0 Å². The van der Waals surface area contributed by atoms with Crippen LogP contribution in [0.5, 0.6) is 0 Å². The minimum atomic E-state index is -0.752. The van der Waals surface area contributed by atoms with E-state index in [1.807, 2.05) is 11.8 Å². The molecule has 0 aromatic heterocycles. The number of amides is 1. The Morgan fingerprint density at radius 2 is 2.00 bits per heavy atom. The number of carbonyl (C=O) groups excluding carboxylic acids is 1. The van der Waals surface area contributed by atoms with Crippen molar-refractivity contribution in [1.82, 2.24) is 4.90 Å². The van der Waals surface area contributed by atoms with Gasteiger partial charge in [0.25, 0.3) is 0 Å². The number of ether oxygens (including phenoxy) is 1. The molecule has 1 heterocycles. The van der Waals surface area contributed by atoms with Crippen LogP contribution in [0.1, 0.15) is 33.6 Å². The molecule has 1 aliphatic rings. The summed E-state index contributed by atoms with van der Waals surface area (Å²) in [5, 5.41) is 0. The standard InChI is InChI=1S/C11H22N2O2/c1-4-15-9-5-7-13(8-6-9)10(14)11(2,3)12/h9H,4-8,12H2,1-3H3. The molecule has 88 valence electrons. The lowest BCUT2D eigenvalue weighted by Crippen LogP contribution is -2.53. The summed E-state index contributed by atoms with van der Waals surface area (Å²) in [7, 11) is 0. The van der Waals surface area contributed by atoms with Crippen molar-refractivity contribution in [3.8, 4) is 0 Å². The van der Waals surface area contributed by atoms with Gasteiger partial charge in [0, 0.05) is 19.7 Å². The Labute approximate surface area is 91.8 Å². The first-order valence-corrected chi connectivity index (χ1v) is 5.65. The molecular formula is C11H22N2O2. The van der Waals surface area contributed by atoms with E-state index in [9.17, 15) is 4.79 Å². The molecule has 0 unspecified atom stereocenters. The second-order valence-corrected chi connectivity index (χ2v) is 4.67. The Bertz CT molecular complexity index is 215. The lowest BCUT2D eigenvalue weighted by molar-refractivity contribution is -0.138. The maximum Gasteiger partial charge on any atom is 0.242 e. The van der Waals surface area contributed by atoms with Crippen LogP contribution in [0.3, 0.4) is 0 Å². The third-order valence-electron chi connectivity index (χ3n) is 2.68. The molecule has 0 aliphatic carbocycles. The summed E-state index contributed by atoms with van der Waals surface area (Å²) in [4.78, 5) is 13.7. The molecule has 0 radical (unpaired) electrons. The van der Waals surface area contributed by atoms with Crippen molar-refractivity contribution in [1.29, 1.82) is 0 Å². The summed E-state index contributed by atoms with van der Waals surface area (Å²) < 4.78 is 5.53. The monoisotopic (exact) mass is 214 g/mol. The van der Waals surface area contributed by atoms with Gasteiger partial charge in [-0.2, -0.15) is 0 Å². The summed E-state index contributed by atoms with van der Waals surface area (Å²) in [6, 6.07) is 0. The Morgan fingerprint density at radius 1 is 1.47 bits per heavy atom. The van der Waals surface area contributed by atoms with E-state index >= 15 is 0 Å². The van der Waals surface area contributed by atoms with Gasteiger partial charge in [0.15, 0.2) is 0 Å². The highest BCUT2D eigenvalue weighted by Crippen LogP contribution is 2.16. The fraction of sp³-hybridized carbons (Fsp3) is 0.909. The predicted molar refractivity (Wildman–Crippen MR) is 59.5 cm³/mol. The van der Waals surface area contributed by atoms with E-state index in [0.717, 1.165) is 32.5 Å². The topological polar surface area (TPSA) is 55.6 Å². The van der Waals surface area contributed by atoms with Crippen LogP contribution >= 0.6 is 0 Å². The van der Waals surface area contributed by atoms with Crippen molar-refractivity contribution in [2.75, 3.05) is 19.7 Å². The molecule has 1 rings (SSSR count). The van der Waals surface area contributed by atoms with Crippen LogP contribution in [0.15, 0.2) is 0 Å². The molecule has 1 amide bonds. The average molecular weight is 214 g/mol. The molecular weight excluding hydrogens is 192 g/mol. The molecule has 0 bridgehead atoms. The second-order valence-electron chi connectivity index (χ2n) is 4.67. The van der Waals surface area contributed by atoms with Gasteiger partial charge in [0.2, 0.25) is 5.91 Å². The summed E-state index contributed by atoms with van der Waals surface area (Å²) >= 11 is 0. The fourth-order valence-corrected chi connectivity index (χ4v) is 1.87. The number of rotatable bonds is 3. The first kappa shape index (κ1) is 12.5. The minimum Gasteiger partial charge on any atom is -0.378 e. The average Bonchev–Trinajstić information content (AvgIpc) is 2.17. The van der Waals surface area contributed by atoms with Gasteiger partial charge in [0.1, 0.15) is 0 Å². The lowest BCUT2D eigenvalue weighted by atomic mass is 10.0. The second kappa shape index (κ2) is 4.94. The highest BCUT2D eigenvalue weighted by Gasteiger charge is 2.30. The molecule has 15 heavy (non-hydrogen) atoms. The zero-order valence-corrected chi connectivity index (χ0v) is 9.95. The van der Waals surface area contributed by atoms with E-state index in [0.29, 0.717) is 6.10 Å². The smallest absolute Gasteiger partial charge is 0.242 e. The first-order chi connectivity index (χ1) is 6.95. The fourth-order valence-electron chi connectivity index (χ4n) is 1.87. The molecule has 1 saturated heterocycles. The number of likely N-dealkylation sites (tertiary alicyclic amines) is 1. The van der Waals surface area contributed by atoms with Crippen molar-refractivity contribution in [2.45, 2.75) is 45.3 Å². The number of hydrogen-bond acceptors (Lipinski definition) is 3. The minimum absolute atomic E-state index is 0.0393. The highest BCUT2D eigenvalue weighted by atomic mass is 16.5. The first-order valence-electron chi connectivity index (χ1n) is 5.65. The van der Waals surface area contributed by atoms with Crippen molar-refractivity contribution in [2.24, 2.45) is 5.73 Å². The molecule has 0 spiro atoms. The number of carbonyl (C=O) groups is 1. The van der Waals surface area contributed by atoms with Gasteiger partial charge >= 0.3 is 0 Å². The Hall–Kier alpha value is -0.610. The largest absolute Gasteiger partial charge is 0.378 e. The summed E-state index contributed by atoms with van der Waals surface area (Å²) in [6.07, 6.45) is 2.17. The third kappa shape index (κ3) is 3.47. The molecule has 0 saturated carbocycles. The molecule has 0 atom stereocenters. The van der Waals surface area contributed by atoms with Crippen LogP contribution in [0, 0.1) is 0 Å². The number of nitrogens with zero attached hydrogens (tertiary/aromatic N) is 1. The Balaban J connectivity index is 2.41. The van der Waals surface area contributed by atoms with Gasteiger partial charge in [-0.3, -0.25) is 4.79 Å². The van der Waals surface area contributed by atoms with Gasteiger partial charge in [-0.15, -0.1) is 0 Å². The lowest BCUT2D eigenvalue weighted by Gasteiger charge is -2.35. The van der Waals surface area contributed by atoms with E-state index in [-0.39, 0.29) is 5.91 Å². The van der Waals surface area contributed by atoms with Gasteiger partial charge in [-0.1, -0.05) is 0 Å². The van der Waals surface area contributed by atoms with E-state index in [4.69, 9.17) is 10.5 Å². The van der Waals surface area contributed by atoms with Crippen molar-refractivity contribution in [3.05, 3.63) is 0 Å². The summed E-state index contributed by atoms with van der Waals surface area (Å²) in [6.45, 7) is 7.80. The van der Waals surface area contributed by atoms with Crippen molar-refractivity contribution >= 4 is 5.91 Å². The van der Waals surface area contributed by atoms with E-state index < -0.39 is 5.54 Å². The number of hydrogen-bond donors (Lipinski definition) is 1. The van der Waals surface area contributed by atoms with Crippen LogP contribution in [-0.4, -0.2) is 42.1 Å². The normalized spacial score (nSPS) is 19.3. The number of nitrogens with two attached hydrogens (primary N) is 1. The van der Waals surface area contributed by atoms with Crippen molar-refractivity contribution < 1.29 is 9.53 Å². The van der Waals surface area contributed by atoms with Gasteiger partial charge in [-0.25, -0.2) is 0 Å².